The molecule has 0 aliphatic carbocycles. The topological polar surface area (TPSA) is 48.4 Å². The third-order valence-corrected chi connectivity index (χ3v) is 4.15. The van der Waals surface area contributed by atoms with Crippen molar-refractivity contribution >= 4 is 28.0 Å². The minimum atomic E-state index is 0.672. The molecule has 4 aromatic rings. The Morgan fingerprint density at radius 2 is 1.76 bits per heavy atom. The van der Waals surface area contributed by atoms with Gasteiger partial charge in [0.05, 0.1) is 12.6 Å². The van der Waals surface area contributed by atoms with E-state index in [-0.39, 0.29) is 0 Å². The van der Waals surface area contributed by atoms with Crippen molar-refractivity contribution in [3.8, 4) is 17.2 Å². The Labute approximate surface area is 144 Å². The highest BCUT2D eigenvalue weighted by Gasteiger charge is 2.07. The lowest BCUT2D eigenvalue weighted by molar-refractivity contribution is 0.112. The summed E-state index contributed by atoms with van der Waals surface area (Å²) < 4.78 is 11.3. The van der Waals surface area contributed by atoms with Crippen LogP contribution in [0.3, 0.4) is 0 Å². The summed E-state index contributed by atoms with van der Waals surface area (Å²) in [5.41, 5.74) is 1.48. The second-order valence-corrected chi connectivity index (χ2v) is 5.64. The van der Waals surface area contributed by atoms with E-state index in [1.807, 2.05) is 54.6 Å². The van der Waals surface area contributed by atoms with Crippen LogP contribution in [0.5, 0.6) is 17.2 Å². The molecule has 1 heterocycles. The second kappa shape index (κ2) is 6.24. The maximum atomic E-state index is 11.1. The first-order chi connectivity index (χ1) is 12.3. The summed E-state index contributed by atoms with van der Waals surface area (Å²) in [7, 11) is 1.63. The van der Waals surface area contributed by atoms with Crippen LogP contribution in [0.2, 0.25) is 0 Å². The second-order valence-electron chi connectivity index (χ2n) is 5.64. The maximum Gasteiger partial charge on any atom is 0.150 e. The normalized spacial score (nSPS) is 10.8. The zero-order valence-corrected chi connectivity index (χ0v) is 13.6. The van der Waals surface area contributed by atoms with Crippen molar-refractivity contribution in [2.45, 2.75) is 0 Å². The molecule has 0 radical (unpaired) electrons. The largest absolute Gasteiger partial charge is 0.497 e. The van der Waals surface area contributed by atoms with Gasteiger partial charge in [0.25, 0.3) is 0 Å². The molecule has 4 heteroatoms. The number of hydrogen-bond donors (Lipinski definition) is 0. The summed E-state index contributed by atoms with van der Waals surface area (Å²) >= 11 is 0. The fraction of sp³-hybridized carbons (Fsp3) is 0.0476. The first-order valence-corrected chi connectivity index (χ1v) is 7.87. The van der Waals surface area contributed by atoms with Crippen LogP contribution in [-0.4, -0.2) is 18.4 Å². The van der Waals surface area contributed by atoms with E-state index in [2.05, 4.69) is 4.98 Å². The Hall–Kier alpha value is -3.40. The van der Waals surface area contributed by atoms with Gasteiger partial charge in [0.1, 0.15) is 17.2 Å². The van der Waals surface area contributed by atoms with E-state index in [1.165, 1.54) is 0 Å². The van der Waals surface area contributed by atoms with E-state index in [0.717, 1.165) is 39.5 Å². The molecule has 4 nitrogen and oxygen atoms in total. The molecule has 0 aliphatic rings. The predicted octanol–water partition coefficient (Wildman–Crippen LogP) is 5.00. The molecule has 0 spiro atoms. The Kier molecular flexibility index (Phi) is 3.78. The highest BCUT2D eigenvalue weighted by atomic mass is 16.5. The van der Waals surface area contributed by atoms with Crippen molar-refractivity contribution in [2.24, 2.45) is 0 Å². The van der Waals surface area contributed by atoms with Gasteiger partial charge in [0.15, 0.2) is 6.29 Å². The number of hydrogen-bond acceptors (Lipinski definition) is 4. The van der Waals surface area contributed by atoms with Crippen LogP contribution in [0.25, 0.3) is 21.7 Å². The molecule has 0 atom stereocenters. The molecule has 1 aromatic heterocycles. The standard InChI is InChI=1S/C21H15NO3/c1-24-16-5-8-19-20(12-16)22-10-9-21(19)25-17-6-7-18-14(11-17)3-2-4-15(18)13-23/h2-13H,1H3. The van der Waals surface area contributed by atoms with E-state index in [1.54, 1.807) is 19.4 Å². The van der Waals surface area contributed by atoms with Gasteiger partial charge in [0.2, 0.25) is 0 Å². The number of carbonyl (C=O) groups is 1. The number of aldehydes is 1. The molecule has 25 heavy (non-hydrogen) atoms. The van der Waals surface area contributed by atoms with Crippen LogP contribution in [0.15, 0.2) is 66.9 Å². The first kappa shape index (κ1) is 15.1. The zero-order valence-electron chi connectivity index (χ0n) is 13.6. The lowest BCUT2D eigenvalue weighted by Gasteiger charge is -2.10. The predicted molar refractivity (Wildman–Crippen MR) is 97.7 cm³/mol. The first-order valence-electron chi connectivity index (χ1n) is 7.87. The quantitative estimate of drug-likeness (QED) is 0.494. The summed E-state index contributed by atoms with van der Waals surface area (Å²) in [5.74, 6) is 2.18. The van der Waals surface area contributed by atoms with Gasteiger partial charge in [-0.2, -0.15) is 0 Å². The van der Waals surface area contributed by atoms with Gasteiger partial charge < -0.3 is 9.47 Å². The molecule has 0 saturated carbocycles. The van der Waals surface area contributed by atoms with Crippen molar-refractivity contribution < 1.29 is 14.3 Å². The molecule has 0 fully saturated rings. The molecule has 0 bridgehead atoms. The van der Waals surface area contributed by atoms with Gasteiger partial charge in [-0.25, -0.2) is 0 Å². The van der Waals surface area contributed by atoms with Crippen molar-refractivity contribution in [3.05, 3.63) is 72.4 Å². The van der Waals surface area contributed by atoms with Crippen LogP contribution in [-0.2, 0) is 0 Å². The maximum absolute atomic E-state index is 11.1. The molecule has 3 aromatic carbocycles. The molecule has 0 aliphatic heterocycles. The average molecular weight is 329 g/mol. The lowest BCUT2D eigenvalue weighted by Crippen LogP contribution is -1.90. The van der Waals surface area contributed by atoms with Crippen LogP contribution in [0.4, 0.5) is 0 Å². The minimum Gasteiger partial charge on any atom is -0.497 e. The lowest BCUT2D eigenvalue weighted by atomic mass is 10.1. The summed E-state index contributed by atoms with van der Waals surface area (Å²) in [6.45, 7) is 0. The van der Waals surface area contributed by atoms with Crippen LogP contribution in [0, 0.1) is 0 Å². The summed E-state index contributed by atoms with van der Waals surface area (Å²) in [4.78, 5) is 15.5. The number of benzene rings is 3. The molecular weight excluding hydrogens is 314 g/mol. The molecule has 122 valence electrons. The van der Waals surface area contributed by atoms with Crippen LogP contribution < -0.4 is 9.47 Å². The third-order valence-electron chi connectivity index (χ3n) is 4.15. The molecule has 0 unspecified atom stereocenters. The highest BCUT2D eigenvalue weighted by molar-refractivity contribution is 5.98. The Morgan fingerprint density at radius 1 is 0.920 bits per heavy atom. The molecular formula is C21H15NO3. The molecule has 0 N–H and O–H groups in total. The zero-order chi connectivity index (χ0) is 17.2. The minimum absolute atomic E-state index is 0.672. The van der Waals surface area contributed by atoms with Gasteiger partial charge in [-0.05, 0) is 47.2 Å². The molecule has 0 amide bonds. The number of fused-ring (bicyclic) bond motifs is 2. The fourth-order valence-electron chi connectivity index (χ4n) is 2.90. The fourth-order valence-corrected chi connectivity index (χ4v) is 2.90. The number of carbonyl (C=O) groups excluding carboxylic acids is 1. The Morgan fingerprint density at radius 3 is 2.60 bits per heavy atom. The van der Waals surface area contributed by atoms with E-state index in [0.29, 0.717) is 11.3 Å². The van der Waals surface area contributed by atoms with E-state index < -0.39 is 0 Å². The Balaban J connectivity index is 1.76. The van der Waals surface area contributed by atoms with Gasteiger partial charge in [0, 0.05) is 23.2 Å². The summed E-state index contributed by atoms with van der Waals surface area (Å²) in [6.07, 6.45) is 2.58. The van der Waals surface area contributed by atoms with E-state index in [4.69, 9.17) is 9.47 Å². The van der Waals surface area contributed by atoms with Crippen LogP contribution >= 0.6 is 0 Å². The monoisotopic (exact) mass is 329 g/mol. The van der Waals surface area contributed by atoms with Crippen molar-refractivity contribution in [3.63, 3.8) is 0 Å². The van der Waals surface area contributed by atoms with Crippen molar-refractivity contribution in [1.29, 1.82) is 0 Å². The summed E-state index contributed by atoms with van der Waals surface area (Å²) in [6, 6.07) is 18.9. The highest BCUT2D eigenvalue weighted by Crippen LogP contribution is 2.32. The smallest absolute Gasteiger partial charge is 0.150 e. The Bertz CT molecular complexity index is 1090. The van der Waals surface area contributed by atoms with Gasteiger partial charge in [-0.3, -0.25) is 9.78 Å². The average Bonchev–Trinajstić information content (AvgIpc) is 2.67. The summed E-state index contributed by atoms with van der Waals surface area (Å²) in [5, 5.41) is 2.78. The SMILES string of the molecule is COc1ccc2c(Oc3ccc4c(C=O)cccc4c3)ccnc2c1. The van der Waals surface area contributed by atoms with E-state index >= 15 is 0 Å². The van der Waals surface area contributed by atoms with Crippen molar-refractivity contribution in [2.75, 3.05) is 7.11 Å². The number of aromatic nitrogens is 1. The number of methoxy groups -OCH3 is 1. The number of rotatable bonds is 4. The van der Waals surface area contributed by atoms with Crippen LogP contribution in [0.1, 0.15) is 10.4 Å². The van der Waals surface area contributed by atoms with Crippen molar-refractivity contribution in [1.82, 2.24) is 4.98 Å². The van der Waals surface area contributed by atoms with Gasteiger partial charge in [-0.15, -0.1) is 0 Å². The number of pyridine rings is 1. The van der Waals surface area contributed by atoms with Gasteiger partial charge in [-0.1, -0.05) is 18.2 Å². The third kappa shape index (κ3) is 2.78. The number of nitrogens with zero attached hydrogens (tertiary/aromatic N) is 1. The van der Waals surface area contributed by atoms with E-state index in [9.17, 15) is 4.79 Å². The van der Waals surface area contributed by atoms with Gasteiger partial charge >= 0.3 is 0 Å². The molecule has 0 saturated heterocycles. The number of ether oxygens (including phenoxy) is 2. The molecule has 4 rings (SSSR count).